The molecule has 0 aliphatic carbocycles. The molecule has 0 atom stereocenters. The van der Waals surface area contributed by atoms with Crippen LogP contribution in [0.4, 0.5) is 0 Å². The first-order valence-corrected chi connectivity index (χ1v) is 7.84. The number of nitrogens with zero attached hydrogens (tertiary/aromatic N) is 1. The standard InChI is InChI=1S/C15H16ClNO3S/c1-10-4-5-12(16)13(7-10)20-6-2-3-14-17-11(9-21-14)8-15(18)19/h4-5,7,9H,2-3,6,8H2,1H3,(H,18,19). The Labute approximate surface area is 132 Å². The molecule has 2 aromatic rings. The van der Waals surface area contributed by atoms with E-state index in [2.05, 4.69) is 4.98 Å². The summed E-state index contributed by atoms with van der Waals surface area (Å²) in [5, 5.41) is 12.0. The normalized spacial score (nSPS) is 10.6. The molecule has 1 heterocycles. The molecule has 0 bridgehead atoms. The second-order valence-electron chi connectivity index (χ2n) is 4.69. The van der Waals surface area contributed by atoms with E-state index < -0.39 is 5.97 Å². The minimum Gasteiger partial charge on any atom is -0.492 e. The number of aliphatic carboxylic acids is 1. The molecule has 0 radical (unpaired) electrons. The monoisotopic (exact) mass is 325 g/mol. The summed E-state index contributed by atoms with van der Waals surface area (Å²) in [5.41, 5.74) is 1.72. The summed E-state index contributed by atoms with van der Waals surface area (Å²) in [6.45, 7) is 2.54. The predicted molar refractivity (Wildman–Crippen MR) is 83.5 cm³/mol. The van der Waals surface area contributed by atoms with Crippen LogP contribution in [0.3, 0.4) is 0 Å². The maximum atomic E-state index is 10.6. The predicted octanol–water partition coefficient (Wildman–Crippen LogP) is 3.74. The van der Waals surface area contributed by atoms with Crippen molar-refractivity contribution in [1.29, 1.82) is 0 Å². The van der Waals surface area contributed by atoms with Gasteiger partial charge in [-0.1, -0.05) is 17.7 Å². The van der Waals surface area contributed by atoms with Gasteiger partial charge in [-0.15, -0.1) is 11.3 Å². The number of benzene rings is 1. The number of hydrogen-bond acceptors (Lipinski definition) is 4. The zero-order chi connectivity index (χ0) is 15.2. The van der Waals surface area contributed by atoms with Gasteiger partial charge in [-0.05, 0) is 31.0 Å². The molecule has 0 saturated heterocycles. The van der Waals surface area contributed by atoms with Crippen LogP contribution in [0.25, 0.3) is 0 Å². The van der Waals surface area contributed by atoms with Gasteiger partial charge in [0.25, 0.3) is 0 Å². The molecule has 4 nitrogen and oxygen atoms in total. The molecule has 112 valence electrons. The number of carboxylic acids is 1. The van der Waals surface area contributed by atoms with Crippen molar-refractivity contribution in [1.82, 2.24) is 4.98 Å². The molecule has 6 heteroatoms. The summed E-state index contributed by atoms with van der Waals surface area (Å²) < 4.78 is 5.66. The van der Waals surface area contributed by atoms with E-state index in [9.17, 15) is 4.79 Å². The Bertz CT molecular complexity index is 627. The Morgan fingerprint density at radius 3 is 3.05 bits per heavy atom. The first-order chi connectivity index (χ1) is 10.0. The number of carboxylic acid groups (broad SMARTS) is 1. The SMILES string of the molecule is Cc1ccc(Cl)c(OCCCc2nc(CC(=O)O)cs2)c1. The number of aryl methyl sites for hydroxylation is 2. The van der Waals surface area contributed by atoms with Gasteiger partial charge in [0.2, 0.25) is 0 Å². The van der Waals surface area contributed by atoms with Crippen molar-refractivity contribution in [3.05, 3.63) is 44.9 Å². The molecule has 0 amide bonds. The lowest BCUT2D eigenvalue weighted by Crippen LogP contribution is -2.02. The Morgan fingerprint density at radius 2 is 2.29 bits per heavy atom. The molecular formula is C15H16ClNO3S. The summed E-state index contributed by atoms with van der Waals surface area (Å²) in [7, 11) is 0. The summed E-state index contributed by atoms with van der Waals surface area (Å²) in [4.78, 5) is 14.9. The summed E-state index contributed by atoms with van der Waals surface area (Å²) in [6.07, 6.45) is 1.56. The van der Waals surface area contributed by atoms with E-state index >= 15 is 0 Å². The van der Waals surface area contributed by atoms with Crippen LogP contribution in [-0.4, -0.2) is 22.7 Å². The second-order valence-corrected chi connectivity index (χ2v) is 6.04. The number of rotatable bonds is 7. The average Bonchev–Trinajstić information content (AvgIpc) is 2.85. The van der Waals surface area contributed by atoms with Crippen LogP contribution in [0.1, 0.15) is 22.7 Å². The van der Waals surface area contributed by atoms with Gasteiger partial charge in [-0.2, -0.15) is 0 Å². The first kappa shape index (κ1) is 15.8. The van der Waals surface area contributed by atoms with Crippen molar-refractivity contribution < 1.29 is 14.6 Å². The smallest absolute Gasteiger partial charge is 0.309 e. The summed E-state index contributed by atoms with van der Waals surface area (Å²) in [6, 6.07) is 5.68. The molecule has 0 aliphatic rings. The molecular weight excluding hydrogens is 310 g/mol. The van der Waals surface area contributed by atoms with E-state index in [1.807, 2.05) is 25.1 Å². The lowest BCUT2D eigenvalue weighted by molar-refractivity contribution is -0.136. The van der Waals surface area contributed by atoms with Crippen molar-refractivity contribution in [3.8, 4) is 5.75 Å². The molecule has 0 spiro atoms. The average molecular weight is 326 g/mol. The molecule has 0 saturated carbocycles. The van der Waals surface area contributed by atoms with Crippen molar-refractivity contribution in [3.63, 3.8) is 0 Å². The van der Waals surface area contributed by atoms with E-state index in [-0.39, 0.29) is 6.42 Å². The van der Waals surface area contributed by atoms with Crippen LogP contribution in [0.15, 0.2) is 23.6 Å². The van der Waals surface area contributed by atoms with E-state index in [1.165, 1.54) is 11.3 Å². The fourth-order valence-corrected chi connectivity index (χ4v) is 2.84. The molecule has 0 unspecified atom stereocenters. The van der Waals surface area contributed by atoms with Gasteiger partial charge in [0.1, 0.15) is 5.75 Å². The summed E-state index contributed by atoms with van der Waals surface area (Å²) in [5.74, 6) is -0.161. The highest BCUT2D eigenvalue weighted by Crippen LogP contribution is 2.25. The second kappa shape index (κ2) is 7.43. The highest BCUT2D eigenvalue weighted by molar-refractivity contribution is 7.09. The quantitative estimate of drug-likeness (QED) is 0.788. The largest absolute Gasteiger partial charge is 0.492 e. The van der Waals surface area contributed by atoms with Gasteiger partial charge in [0.15, 0.2) is 0 Å². The molecule has 1 N–H and O–H groups in total. The number of carbonyl (C=O) groups is 1. The van der Waals surface area contributed by atoms with Crippen LogP contribution < -0.4 is 4.74 Å². The van der Waals surface area contributed by atoms with Gasteiger partial charge < -0.3 is 9.84 Å². The maximum absolute atomic E-state index is 10.6. The van der Waals surface area contributed by atoms with E-state index in [0.29, 0.717) is 23.1 Å². The lowest BCUT2D eigenvalue weighted by atomic mass is 10.2. The van der Waals surface area contributed by atoms with E-state index in [0.717, 1.165) is 23.4 Å². The van der Waals surface area contributed by atoms with Crippen LogP contribution in [0.2, 0.25) is 5.02 Å². The Kier molecular flexibility index (Phi) is 5.59. The third kappa shape index (κ3) is 5.02. The minimum absolute atomic E-state index is 0.0219. The Morgan fingerprint density at radius 1 is 1.48 bits per heavy atom. The van der Waals surface area contributed by atoms with Crippen LogP contribution in [0.5, 0.6) is 5.75 Å². The minimum atomic E-state index is -0.857. The number of ether oxygens (including phenoxy) is 1. The highest BCUT2D eigenvalue weighted by atomic mass is 35.5. The van der Waals surface area contributed by atoms with Gasteiger partial charge in [-0.25, -0.2) is 4.98 Å². The number of halogens is 1. The van der Waals surface area contributed by atoms with Crippen molar-refractivity contribution in [2.75, 3.05) is 6.61 Å². The lowest BCUT2D eigenvalue weighted by Gasteiger charge is -2.08. The van der Waals surface area contributed by atoms with Gasteiger partial charge in [-0.3, -0.25) is 4.79 Å². The molecule has 1 aromatic carbocycles. The zero-order valence-corrected chi connectivity index (χ0v) is 13.2. The van der Waals surface area contributed by atoms with Crippen molar-refractivity contribution in [2.45, 2.75) is 26.2 Å². The summed E-state index contributed by atoms with van der Waals surface area (Å²) >= 11 is 7.54. The van der Waals surface area contributed by atoms with Gasteiger partial charge in [0.05, 0.1) is 28.8 Å². The Balaban J connectivity index is 1.78. The number of aromatic nitrogens is 1. The third-order valence-electron chi connectivity index (χ3n) is 2.81. The van der Waals surface area contributed by atoms with Crippen LogP contribution in [-0.2, 0) is 17.6 Å². The zero-order valence-electron chi connectivity index (χ0n) is 11.6. The Hall–Kier alpha value is -1.59. The number of hydrogen-bond donors (Lipinski definition) is 1. The van der Waals surface area contributed by atoms with Crippen molar-refractivity contribution >= 4 is 28.9 Å². The fourth-order valence-electron chi connectivity index (χ4n) is 1.83. The van der Waals surface area contributed by atoms with Crippen LogP contribution >= 0.6 is 22.9 Å². The van der Waals surface area contributed by atoms with Crippen LogP contribution in [0, 0.1) is 6.92 Å². The molecule has 2 rings (SSSR count). The van der Waals surface area contributed by atoms with Gasteiger partial charge >= 0.3 is 5.97 Å². The molecule has 21 heavy (non-hydrogen) atoms. The number of thiazole rings is 1. The fraction of sp³-hybridized carbons (Fsp3) is 0.333. The maximum Gasteiger partial charge on any atom is 0.309 e. The topological polar surface area (TPSA) is 59.4 Å². The highest BCUT2D eigenvalue weighted by Gasteiger charge is 2.06. The van der Waals surface area contributed by atoms with Crippen molar-refractivity contribution in [2.24, 2.45) is 0 Å². The van der Waals surface area contributed by atoms with E-state index in [4.69, 9.17) is 21.4 Å². The van der Waals surface area contributed by atoms with E-state index in [1.54, 1.807) is 5.38 Å². The van der Waals surface area contributed by atoms with Gasteiger partial charge in [0, 0.05) is 11.8 Å². The molecule has 0 aliphatic heterocycles. The first-order valence-electron chi connectivity index (χ1n) is 6.58. The molecule has 1 aromatic heterocycles. The third-order valence-corrected chi connectivity index (χ3v) is 4.08. The molecule has 0 fully saturated rings.